The zero-order chi connectivity index (χ0) is 16.5. The third-order valence-electron chi connectivity index (χ3n) is 3.38. The summed E-state index contributed by atoms with van der Waals surface area (Å²) in [5.41, 5.74) is 8.00. The van der Waals surface area contributed by atoms with Gasteiger partial charge in [0.2, 0.25) is 0 Å². The Kier molecular flexibility index (Phi) is 6.29. The smallest absolute Gasteiger partial charge is 0.193 e. The minimum atomic E-state index is 0.406. The van der Waals surface area contributed by atoms with E-state index >= 15 is 0 Å². The van der Waals surface area contributed by atoms with Gasteiger partial charge in [-0.25, -0.2) is 0 Å². The van der Waals surface area contributed by atoms with Gasteiger partial charge in [-0.2, -0.15) is 0 Å². The van der Waals surface area contributed by atoms with E-state index in [1.165, 1.54) is 5.56 Å². The van der Waals surface area contributed by atoms with Crippen molar-refractivity contribution in [3.63, 3.8) is 0 Å². The van der Waals surface area contributed by atoms with E-state index in [0.29, 0.717) is 12.5 Å². The standard InChI is InChI=1S/C18H23N3O2/c1-22-16-9-3-6-14(12-16)7-5-11-20-18(19)21-15-8-4-10-17(13-15)23-2/h3-4,6,8-10,12-13H,5,7,11H2,1-2H3,(H3,19,20,21). The quantitative estimate of drug-likeness (QED) is 0.468. The van der Waals surface area contributed by atoms with E-state index in [2.05, 4.69) is 16.4 Å². The first-order chi connectivity index (χ1) is 11.2. The van der Waals surface area contributed by atoms with Gasteiger partial charge in [-0.3, -0.25) is 4.99 Å². The summed E-state index contributed by atoms with van der Waals surface area (Å²) in [6.07, 6.45) is 1.86. The fourth-order valence-corrected chi connectivity index (χ4v) is 2.20. The Hall–Kier alpha value is -2.69. The summed E-state index contributed by atoms with van der Waals surface area (Å²) in [7, 11) is 3.31. The van der Waals surface area contributed by atoms with Gasteiger partial charge in [0.05, 0.1) is 14.2 Å². The van der Waals surface area contributed by atoms with Gasteiger partial charge in [0.25, 0.3) is 0 Å². The number of hydrogen-bond donors (Lipinski definition) is 2. The number of nitrogens with two attached hydrogens (primary N) is 1. The van der Waals surface area contributed by atoms with Crippen molar-refractivity contribution in [1.82, 2.24) is 0 Å². The van der Waals surface area contributed by atoms with Gasteiger partial charge in [0, 0.05) is 18.3 Å². The molecule has 2 aromatic rings. The number of nitrogens with zero attached hydrogens (tertiary/aromatic N) is 1. The summed E-state index contributed by atoms with van der Waals surface area (Å²) in [5, 5.41) is 3.06. The molecule has 2 aromatic carbocycles. The molecule has 3 N–H and O–H groups in total. The molecule has 0 saturated carbocycles. The Morgan fingerprint density at radius 3 is 2.48 bits per heavy atom. The highest BCUT2D eigenvalue weighted by molar-refractivity contribution is 5.92. The lowest BCUT2D eigenvalue weighted by Gasteiger charge is -2.07. The molecule has 0 aliphatic carbocycles. The zero-order valence-electron chi connectivity index (χ0n) is 13.6. The molecular formula is C18H23N3O2. The van der Waals surface area contributed by atoms with Gasteiger partial charge in [0.15, 0.2) is 5.96 Å². The van der Waals surface area contributed by atoms with Crippen molar-refractivity contribution in [1.29, 1.82) is 0 Å². The van der Waals surface area contributed by atoms with Crippen LogP contribution in [0.1, 0.15) is 12.0 Å². The van der Waals surface area contributed by atoms with E-state index in [0.717, 1.165) is 30.0 Å². The zero-order valence-corrected chi connectivity index (χ0v) is 13.6. The minimum absolute atomic E-state index is 0.406. The van der Waals surface area contributed by atoms with Crippen LogP contribution in [-0.4, -0.2) is 26.7 Å². The molecule has 0 aromatic heterocycles. The van der Waals surface area contributed by atoms with Crippen LogP contribution in [0.3, 0.4) is 0 Å². The number of methoxy groups -OCH3 is 2. The highest BCUT2D eigenvalue weighted by Gasteiger charge is 1.98. The molecule has 0 fully saturated rings. The monoisotopic (exact) mass is 313 g/mol. The average Bonchev–Trinajstić information content (AvgIpc) is 2.59. The van der Waals surface area contributed by atoms with Crippen LogP contribution >= 0.6 is 0 Å². The van der Waals surface area contributed by atoms with Crippen LogP contribution in [0.2, 0.25) is 0 Å². The number of guanidine groups is 1. The second-order valence-corrected chi connectivity index (χ2v) is 5.08. The summed E-state index contributed by atoms with van der Waals surface area (Å²) >= 11 is 0. The van der Waals surface area contributed by atoms with Crippen molar-refractivity contribution in [2.24, 2.45) is 10.7 Å². The summed E-state index contributed by atoms with van der Waals surface area (Å²) in [4.78, 5) is 4.34. The molecule has 0 radical (unpaired) electrons. The molecule has 2 rings (SSSR count). The van der Waals surface area contributed by atoms with Crippen LogP contribution in [0.4, 0.5) is 5.69 Å². The van der Waals surface area contributed by atoms with Crippen LogP contribution in [-0.2, 0) is 6.42 Å². The molecule has 0 unspecified atom stereocenters. The molecule has 0 bridgehead atoms. The minimum Gasteiger partial charge on any atom is -0.497 e. The lowest BCUT2D eigenvalue weighted by atomic mass is 10.1. The highest BCUT2D eigenvalue weighted by Crippen LogP contribution is 2.16. The molecule has 0 spiro atoms. The van der Waals surface area contributed by atoms with Crippen molar-refractivity contribution in [2.75, 3.05) is 26.1 Å². The topological polar surface area (TPSA) is 68.9 Å². The SMILES string of the molecule is COc1cccc(CCCN=C(N)Nc2cccc(OC)c2)c1. The number of anilines is 1. The highest BCUT2D eigenvalue weighted by atomic mass is 16.5. The number of hydrogen-bond acceptors (Lipinski definition) is 3. The number of ether oxygens (including phenoxy) is 2. The van der Waals surface area contributed by atoms with Crippen LogP contribution in [0.25, 0.3) is 0 Å². The molecule has 5 nitrogen and oxygen atoms in total. The van der Waals surface area contributed by atoms with Gasteiger partial charge in [-0.05, 0) is 42.7 Å². The maximum atomic E-state index is 5.90. The lowest BCUT2D eigenvalue weighted by Crippen LogP contribution is -2.22. The fraction of sp³-hybridized carbons (Fsp3) is 0.278. The van der Waals surface area contributed by atoms with Gasteiger partial charge in [-0.15, -0.1) is 0 Å². The summed E-state index contributed by atoms with van der Waals surface area (Å²) < 4.78 is 10.4. The molecule has 23 heavy (non-hydrogen) atoms. The van der Waals surface area contributed by atoms with Gasteiger partial charge in [0.1, 0.15) is 11.5 Å². The van der Waals surface area contributed by atoms with Crippen LogP contribution in [0.5, 0.6) is 11.5 Å². The Bertz CT molecular complexity index is 656. The Balaban J connectivity index is 1.80. The number of aliphatic imine (C=N–C) groups is 1. The first kappa shape index (κ1) is 16.7. The van der Waals surface area contributed by atoms with E-state index in [1.54, 1.807) is 14.2 Å². The number of rotatable bonds is 7. The molecule has 0 atom stereocenters. The largest absolute Gasteiger partial charge is 0.497 e. The molecule has 0 saturated heterocycles. The summed E-state index contributed by atoms with van der Waals surface area (Å²) in [6, 6.07) is 15.6. The molecule has 0 aliphatic heterocycles. The number of aryl methyl sites for hydroxylation is 1. The van der Waals surface area contributed by atoms with Crippen molar-refractivity contribution in [3.05, 3.63) is 54.1 Å². The van der Waals surface area contributed by atoms with Gasteiger partial charge >= 0.3 is 0 Å². The second-order valence-electron chi connectivity index (χ2n) is 5.08. The molecule has 5 heteroatoms. The van der Waals surface area contributed by atoms with Crippen molar-refractivity contribution >= 4 is 11.6 Å². The lowest BCUT2D eigenvalue weighted by molar-refractivity contribution is 0.414. The molecular weight excluding hydrogens is 290 g/mol. The van der Waals surface area contributed by atoms with Crippen LogP contribution in [0, 0.1) is 0 Å². The number of nitrogens with one attached hydrogen (secondary N) is 1. The van der Waals surface area contributed by atoms with E-state index in [1.807, 2.05) is 42.5 Å². The summed E-state index contributed by atoms with van der Waals surface area (Å²) in [5.74, 6) is 2.06. The predicted molar refractivity (Wildman–Crippen MR) is 94.4 cm³/mol. The van der Waals surface area contributed by atoms with Gasteiger partial charge < -0.3 is 20.5 Å². The normalized spacial score (nSPS) is 11.1. The van der Waals surface area contributed by atoms with Crippen molar-refractivity contribution < 1.29 is 9.47 Å². The van der Waals surface area contributed by atoms with E-state index < -0.39 is 0 Å². The average molecular weight is 313 g/mol. The van der Waals surface area contributed by atoms with E-state index in [4.69, 9.17) is 15.2 Å². The summed E-state index contributed by atoms with van der Waals surface area (Å²) in [6.45, 7) is 0.667. The number of benzene rings is 2. The van der Waals surface area contributed by atoms with E-state index in [9.17, 15) is 0 Å². The molecule has 0 aliphatic rings. The third-order valence-corrected chi connectivity index (χ3v) is 3.38. The Morgan fingerprint density at radius 2 is 1.74 bits per heavy atom. The van der Waals surface area contributed by atoms with E-state index in [-0.39, 0.29) is 0 Å². The van der Waals surface area contributed by atoms with Crippen molar-refractivity contribution in [3.8, 4) is 11.5 Å². The Labute approximate surface area is 137 Å². The first-order valence-corrected chi connectivity index (χ1v) is 7.55. The van der Waals surface area contributed by atoms with Crippen LogP contribution < -0.4 is 20.5 Å². The Morgan fingerprint density at radius 1 is 1.04 bits per heavy atom. The van der Waals surface area contributed by atoms with Crippen molar-refractivity contribution in [2.45, 2.75) is 12.8 Å². The molecule has 0 amide bonds. The maximum Gasteiger partial charge on any atom is 0.193 e. The predicted octanol–water partition coefficient (Wildman–Crippen LogP) is 3.06. The molecule has 122 valence electrons. The maximum absolute atomic E-state index is 5.90. The molecule has 0 heterocycles. The second kappa shape index (κ2) is 8.68. The fourth-order valence-electron chi connectivity index (χ4n) is 2.20. The van der Waals surface area contributed by atoms with Gasteiger partial charge in [-0.1, -0.05) is 18.2 Å². The van der Waals surface area contributed by atoms with Crippen LogP contribution in [0.15, 0.2) is 53.5 Å². The third kappa shape index (κ3) is 5.54. The first-order valence-electron chi connectivity index (χ1n) is 7.55.